The fourth-order valence-corrected chi connectivity index (χ4v) is 1.50. The number of hydrogen-bond donors (Lipinski definition) is 3. The summed E-state index contributed by atoms with van der Waals surface area (Å²) in [4.78, 5) is 10.7. The zero-order chi connectivity index (χ0) is 11.2. The van der Waals surface area contributed by atoms with Gasteiger partial charge in [-0.15, -0.1) is 5.10 Å². The molecule has 0 bridgehead atoms. The molecule has 0 aromatic carbocycles. The molecule has 0 fully saturated rings. The second-order valence-electron chi connectivity index (χ2n) is 3.17. The Kier molecular flexibility index (Phi) is 3.99. The zero-order valence-electron chi connectivity index (χ0n) is 8.26. The number of nitrogens with zero attached hydrogens (tertiary/aromatic N) is 4. The average Bonchev–Trinajstić information content (AvgIpc) is 2.62. The van der Waals surface area contributed by atoms with Crippen LogP contribution in [0.3, 0.4) is 0 Å². The van der Waals surface area contributed by atoms with E-state index in [0.717, 1.165) is 4.68 Å². The van der Waals surface area contributed by atoms with Gasteiger partial charge >= 0.3 is 29.6 Å². The van der Waals surface area contributed by atoms with Crippen LogP contribution in [-0.4, -0.2) is 53.7 Å². The fourth-order valence-electron chi connectivity index (χ4n) is 1.50. The molecule has 0 unspecified atom stereocenters. The van der Waals surface area contributed by atoms with Crippen molar-refractivity contribution in [2.45, 2.75) is 24.4 Å². The summed E-state index contributed by atoms with van der Waals surface area (Å²) < 4.78 is 0.720. The van der Waals surface area contributed by atoms with Crippen LogP contribution in [0, 0.1) is 0 Å². The van der Waals surface area contributed by atoms with Crippen LogP contribution in [0.5, 0.6) is 0 Å². The zero-order valence-corrected chi connectivity index (χ0v) is 10.3. The number of aliphatic carboxylic acids is 1. The van der Waals surface area contributed by atoms with Crippen LogP contribution in [-0.2, 0) is 4.79 Å². The van der Waals surface area contributed by atoms with E-state index in [2.05, 4.69) is 15.5 Å². The summed E-state index contributed by atoms with van der Waals surface area (Å²) in [5.41, 5.74) is 0. The van der Waals surface area contributed by atoms with Gasteiger partial charge < -0.3 is 25.2 Å². The maximum Gasteiger partial charge on any atom is 1.00 e. The van der Waals surface area contributed by atoms with E-state index >= 15 is 0 Å². The predicted octanol–water partition coefficient (Wildman–Crippen LogP) is -7.26. The van der Waals surface area contributed by atoms with Gasteiger partial charge in [-0.25, -0.2) is 4.68 Å². The van der Waals surface area contributed by atoms with Gasteiger partial charge in [-0.05, 0) is 10.4 Å². The van der Waals surface area contributed by atoms with E-state index in [1.54, 1.807) is 0 Å². The number of carboxylic acid groups (broad SMARTS) is 1. The van der Waals surface area contributed by atoms with Crippen molar-refractivity contribution >= 4 is 5.97 Å². The first kappa shape index (κ1) is 13.5. The summed E-state index contributed by atoms with van der Waals surface area (Å²) in [6.45, 7) is 0. The second kappa shape index (κ2) is 4.73. The molecule has 1 aromatic rings. The van der Waals surface area contributed by atoms with E-state index in [4.69, 9.17) is 0 Å². The Balaban J connectivity index is 0.00000128. The molecule has 3 N–H and O–H groups in total. The van der Waals surface area contributed by atoms with Gasteiger partial charge in [-0.2, -0.15) is 0 Å². The number of carbonyl (C=O) groups excluding carboxylic acids is 1. The Morgan fingerprint density at radius 2 is 1.94 bits per heavy atom. The summed E-state index contributed by atoms with van der Waals surface area (Å²) >= 11 is 0. The van der Waals surface area contributed by atoms with Gasteiger partial charge in [0, 0.05) is 0 Å². The summed E-state index contributed by atoms with van der Waals surface area (Å²) in [5.74, 6) is -1.86. The largest absolute Gasteiger partial charge is 1.00 e. The normalized spacial score (nSPS) is 32.7. The SMILES string of the molecule is O=C([O-])[C@H]1[C@@H](O)[C@H](O)[C@H](O)c2nnnn21.[Na+]. The number of aromatic nitrogens is 4. The smallest absolute Gasteiger partial charge is 0.548 e. The molecule has 0 saturated heterocycles. The van der Waals surface area contributed by atoms with Crippen molar-refractivity contribution < 1.29 is 54.8 Å². The number of fused-ring (bicyclic) bond motifs is 1. The van der Waals surface area contributed by atoms with E-state index in [0.29, 0.717) is 0 Å². The third-order valence-corrected chi connectivity index (χ3v) is 2.28. The van der Waals surface area contributed by atoms with Crippen molar-refractivity contribution in [3.8, 4) is 0 Å². The van der Waals surface area contributed by atoms with Crippen molar-refractivity contribution in [2.75, 3.05) is 0 Å². The third-order valence-electron chi connectivity index (χ3n) is 2.28. The van der Waals surface area contributed by atoms with Crippen molar-refractivity contribution in [3.63, 3.8) is 0 Å². The molecule has 1 aliphatic rings. The molecule has 0 radical (unpaired) electrons. The minimum Gasteiger partial charge on any atom is -0.548 e. The minimum absolute atomic E-state index is 0. The number of tetrazole rings is 1. The number of rotatable bonds is 1. The van der Waals surface area contributed by atoms with E-state index < -0.39 is 30.3 Å². The number of hydrogen-bond acceptors (Lipinski definition) is 8. The molecule has 1 aromatic heterocycles. The molecule has 9 nitrogen and oxygen atoms in total. The molecular weight excluding hydrogens is 231 g/mol. The van der Waals surface area contributed by atoms with Crippen molar-refractivity contribution in [3.05, 3.63) is 5.82 Å². The van der Waals surface area contributed by atoms with Crippen LogP contribution in [0.15, 0.2) is 0 Å². The molecule has 2 rings (SSSR count). The molecule has 82 valence electrons. The monoisotopic (exact) mass is 238 g/mol. The van der Waals surface area contributed by atoms with Gasteiger partial charge in [-0.1, -0.05) is 0 Å². The van der Waals surface area contributed by atoms with Crippen LogP contribution < -0.4 is 34.7 Å². The Labute approximate surface area is 111 Å². The van der Waals surface area contributed by atoms with Crippen LogP contribution in [0.2, 0.25) is 0 Å². The minimum atomic E-state index is -1.72. The van der Waals surface area contributed by atoms with Crippen LogP contribution in [0.1, 0.15) is 18.0 Å². The van der Waals surface area contributed by atoms with Gasteiger partial charge in [0.15, 0.2) is 5.82 Å². The first-order valence-electron chi connectivity index (χ1n) is 4.07. The third kappa shape index (κ3) is 1.85. The van der Waals surface area contributed by atoms with E-state index in [9.17, 15) is 25.2 Å². The summed E-state index contributed by atoms with van der Waals surface area (Å²) in [7, 11) is 0. The Morgan fingerprint density at radius 1 is 1.31 bits per heavy atom. The number of aliphatic hydroxyl groups excluding tert-OH is 3. The number of carbonyl (C=O) groups is 1. The predicted molar refractivity (Wildman–Crippen MR) is 38.8 cm³/mol. The van der Waals surface area contributed by atoms with Crippen LogP contribution >= 0.6 is 0 Å². The molecule has 0 amide bonds. The van der Waals surface area contributed by atoms with E-state index in [1.165, 1.54) is 0 Å². The molecule has 2 heterocycles. The first-order chi connectivity index (χ1) is 7.04. The molecule has 0 aliphatic carbocycles. The first-order valence-corrected chi connectivity index (χ1v) is 4.07. The summed E-state index contributed by atoms with van der Waals surface area (Å²) in [6, 6.07) is -1.60. The maximum atomic E-state index is 10.7. The summed E-state index contributed by atoms with van der Waals surface area (Å²) in [5, 5.41) is 48.6. The average molecular weight is 238 g/mol. The standard InChI is InChI=1S/C6H8N4O5.Na/c11-2-1(6(14)15)10-5(7-8-9-10)4(13)3(2)12;/h1-4,11-13H,(H,14,15);/q;+1/p-1/t1-,2-,3+,4+;/m1./s1. The van der Waals surface area contributed by atoms with Gasteiger partial charge in [0.1, 0.15) is 24.4 Å². The molecular formula is C6H7N4NaO5. The van der Waals surface area contributed by atoms with E-state index in [-0.39, 0.29) is 35.4 Å². The summed E-state index contributed by atoms with van der Waals surface area (Å²) in [6.07, 6.45) is -4.90. The van der Waals surface area contributed by atoms with Crippen LogP contribution in [0.25, 0.3) is 0 Å². The maximum absolute atomic E-state index is 10.7. The number of aliphatic hydroxyl groups is 3. The molecule has 1 aliphatic heterocycles. The van der Waals surface area contributed by atoms with Crippen molar-refractivity contribution in [1.29, 1.82) is 0 Å². The second-order valence-corrected chi connectivity index (χ2v) is 3.17. The van der Waals surface area contributed by atoms with Gasteiger partial charge in [-0.3, -0.25) is 0 Å². The quantitative estimate of drug-likeness (QED) is 0.409. The fraction of sp³-hybridized carbons (Fsp3) is 0.667. The Bertz CT molecular complexity index is 398. The van der Waals surface area contributed by atoms with Crippen molar-refractivity contribution in [1.82, 2.24) is 20.2 Å². The topological polar surface area (TPSA) is 144 Å². The molecule has 4 atom stereocenters. The molecule has 16 heavy (non-hydrogen) atoms. The Hall–Kier alpha value is -0.580. The van der Waals surface area contributed by atoms with Crippen molar-refractivity contribution in [2.24, 2.45) is 0 Å². The van der Waals surface area contributed by atoms with Crippen LogP contribution in [0.4, 0.5) is 0 Å². The molecule has 10 heteroatoms. The van der Waals surface area contributed by atoms with Gasteiger partial charge in [0.25, 0.3) is 0 Å². The van der Waals surface area contributed by atoms with Gasteiger partial charge in [0.05, 0.1) is 5.97 Å². The Morgan fingerprint density at radius 3 is 2.50 bits per heavy atom. The van der Waals surface area contributed by atoms with Gasteiger partial charge in [0.2, 0.25) is 0 Å². The molecule has 0 spiro atoms. The number of carboxylic acids is 1. The molecule has 0 saturated carbocycles. The van der Waals surface area contributed by atoms with E-state index in [1.807, 2.05) is 0 Å².